The maximum atomic E-state index is 11.8. The lowest BCUT2D eigenvalue weighted by Gasteiger charge is -2.21. The van der Waals surface area contributed by atoms with Crippen molar-refractivity contribution in [3.63, 3.8) is 0 Å². The quantitative estimate of drug-likeness (QED) is 0.149. The molecule has 0 aliphatic carbocycles. The fraction of sp³-hybridized carbons (Fsp3) is 0.917. The number of cyclic esters (lactones) is 2. The van der Waals surface area contributed by atoms with E-state index in [4.69, 9.17) is 9.47 Å². The van der Waals surface area contributed by atoms with Gasteiger partial charge < -0.3 is 9.47 Å². The summed E-state index contributed by atoms with van der Waals surface area (Å²) in [4.78, 5) is 23.4. The van der Waals surface area contributed by atoms with E-state index < -0.39 is 17.9 Å². The first-order valence-corrected chi connectivity index (χ1v) is 12.0. The highest BCUT2D eigenvalue weighted by Crippen LogP contribution is 2.29. The summed E-state index contributed by atoms with van der Waals surface area (Å²) in [5.74, 6) is -1.63. The summed E-state index contributed by atoms with van der Waals surface area (Å²) in [6, 6.07) is 0. The Bertz CT molecular complexity index is 421. The number of carbonyl (C=O) groups is 2. The maximum Gasteiger partial charge on any atom is 0.320 e. The van der Waals surface area contributed by atoms with Crippen molar-refractivity contribution in [2.24, 2.45) is 11.8 Å². The summed E-state index contributed by atoms with van der Waals surface area (Å²) in [6.45, 7) is 6.70. The highest BCUT2D eigenvalue weighted by Gasteiger charge is 2.45. The van der Waals surface area contributed by atoms with Gasteiger partial charge in [-0.2, -0.15) is 0 Å². The predicted octanol–water partition coefficient (Wildman–Crippen LogP) is 6.60. The molecule has 4 heteroatoms. The zero-order chi connectivity index (χ0) is 20.6. The monoisotopic (exact) mass is 396 g/mol. The van der Waals surface area contributed by atoms with Gasteiger partial charge in [0.1, 0.15) is 0 Å². The third-order valence-electron chi connectivity index (χ3n) is 6.02. The minimum absolute atomic E-state index is 0.198. The largest absolute Gasteiger partial charge is 0.393 e. The first-order chi connectivity index (χ1) is 13.6. The van der Waals surface area contributed by atoms with Gasteiger partial charge in [0.05, 0.1) is 17.9 Å². The zero-order valence-corrected chi connectivity index (χ0v) is 18.7. The van der Waals surface area contributed by atoms with Crippen molar-refractivity contribution in [3.05, 3.63) is 0 Å². The van der Waals surface area contributed by atoms with Gasteiger partial charge >= 0.3 is 11.9 Å². The lowest BCUT2D eigenvalue weighted by molar-refractivity contribution is -0.154. The van der Waals surface area contributed by atoms with Gasteiger partial charge in [-0.15, -0.1) is 0 Å². The molecule has 0 N–H and O–H groups in total. The first-order valence-electron chi connectivity index (χ1n) is 12.0. The molecule has 0 spiro atoms. The summed E-state index contributed by atoms with van der Waals surface area (Å²) in [5, 5.41) is 0. The van der Waals surface area contributed by atoms with Gasteiger partial charge in [0.25, 0.3) is 0 Å². The molecule has 0 saturated carbocycles. The molecule has 0 bridgehead atoms. The molecule has 1 aliphatic heterocycles. The Kier molecular flexibility index (Phi) is 14.3. The Morgan fingerprint density at radius 3 is 1.61 bits per heavy atom. The second kappa shape index (κ2) is 16.0. The van der Waals surface area contributed by atoms with Crippen LogP contribution in [0.15, 0.2) is 0 Å². The van der Waals surface area contributed by atoms with Gasteiger partial charge in [0.15, 0.2) is 0 Å². The number of hydrogen-bond donors (Lipinski definition) is 0. The second-order valence-corrected chi connectivity index (χ2v) is 8.47. The third-order valence-corrected chi connectivity index (χ3v) is 6.02. The van der Waals surface area contributed by atoms with Crippen LogP contribution in [0.25, 0.3) is 0 Å². The molecule has 1 fully saturated rings. The van der Waals surface area contributed by atoms with Crippen molar-refractivity contribution >= 4 is 11.9 Å². The molecule has 1 heterocycles. The Hall–Kier alpha value is -0.900. The van der Waals surface area contributed by atoms with Gasteiger partial charge in [-0.1, -0.05) is 104 Å². The molecule has 0 amide bonds. The number of unbranched alkanes of at least 4 members (excludes halogenated alkanes) is 13. The maximum absolute atomic E-state index is 11.8. The number of rotatable bonds is 18. The molecule has 164 valence electrons. The van der Waals surface area contributed by atoms with E-state index in [1.54, 1.807) is 6.92 Å². The third kappa shape index (κ3) is 10.0. The molecule has 0 aromatic heterocycles. The van der Waals surface area contributed by atoms with Gasteiger partial charge in [0.2, 0.25) is 0 Å². The van der Waals surface area contributed by atoms with Gasteiger partial charge in [-0.05, 0) is 12.8 Å². The standard InChI is InChI=1S/C24H44O4/c1-4-6-7-8-9-10-11-12-13-14-15-16-17-18-19-27-21(5-2)22-20(3)23(25)28-24(22)26/h20-22H,4-19H2,1-3H3. The molecule has 3 atom stereocenters. The van der Waals surface area contributed by atoms with Crippen LogP contribution >= 0.6 is 0 Å². The molecule has 1 saturated heterocycles. The van der Waals surface area contributed by atoms with E-state index in [-0.39, 0.29) is 12.0 Å². The fourth-order valence-electron chi connectivity index (χ4n) is 4.09. The summed E-state index contributed by atoms with van der Waals surface area (Å²) in [7, 11) is 0. The van der Waals surface area contributed by atoms with Crippen LogP contribution in [0.5, 0.6) is 0 Å². The summed E-state index contributed by atoms with van der Waals surface area (Å²) in [5.41, 5.74) is 0. The zero-order valence-electron chi connectivity index (χ0n) is 18.7. The molecule has 1 aliphatic rings. The minimum atomic E-state index is -0.427. The van der Waals surface area contributed by atoms with E-state index in [0.29, 0.717) is 6.61 Å². The lowest BCUT2D eigenvalue weighted by atomic mass is 9.90. The van der Waals surface area contributed by atoms with Crippen molar-refractivity contribution in [1.82, 2.24) is 0 Å². The SMILES string of the molecule is CCCCCCCCCCCCCCCCOC(CC)C1C(=O)OC(=O)C1C. The van der Waals surface area contributed by atoms with Crippen LogP contribution in [0.4, 0.5) is 0 Å². The van der Waals surface area contributed by atoms with Crippen molar-refractivity contribution < 1.29 is 19.1 Å². The average Bonchev–Trinajstić information content (AvgIpc) is 2.94. The van der Waals surface area contributed by atoms with Crippen LogP contribution in [0.1, 0.15) is 117 Å². The van der Waals surface area contributed by atoms with Crippen molar-refractivity contribution in [3.8, 4) is 0 Å². The van der Waals surface area contributed by atoms with E-state index in [0.717, 1.165) is 12.8 Å². The molecule has 4 nitrogen and oxygen atoms in total. The van der Waals surface area contributed by atoms with Crippen LogP contribution in [0.2, 0.25) is 0 Å². The smallest absolute Gasteiger partial charge is 0.320 e. The number of esters is 2. The van der Waals surface area contributed by atoms with E-state index in [9.17, 15) is 9.59 Å². The Morgan fingerprint density at radius 2 is 1.21 bits per heavy atom. The summed E-state index contributed by atoms with van der Waals surface area (Å²) < 4.78 is 10.7. The van der Waals surface area contributed by atoms with Crippen LogP contribution in [0.3, 0.4) is 0 Å². The van der Waals surface area contributed by atoms with E-state index >= 15 is 0 Å². The van der Waals surface area contributed by atoms with Gasteiger partial charge in [-0.3, -0.25) is 9.59 Å². The number of carbonyl (C=O) groups excluding carboxylic acids is 2. The van der Waals surface area contributed by atoms with Crippen LogP contribution < -0.4 is 0 Å². The average molecular weight is 397 g/mol. The topological polar surface area (TPSA) is 52.6 Å². The summed E-state index contributed by atoms with van der Waals surface area (Å²) in [6.07, 6.45) is 19.2. The minimum Gasteiger partial charge on any atom is -0.393 e. The van der Waals surface area contributed by atoms with Crippen molar-refractivity contribution in [1.29, 1.82) is 0 Å². The highest BCUT2D eigenvalue weighted by molar-refractivity contribution is 5.96. The molecular weight excluding hydrogens is 352 g/mol. The van der Waals surface area contributed by atoms with E-state index in [1.165, 1.54) is 83.5 Å². The molecular formula is C24H44O4. The molecule has 28 heavy (non-hydrogen) atoms. The van der Waals surface area contributed by atoms with E-state index in [1.807, 2.05) is 6.92 Å². The molecule has 0 aromatic rings. The lowest BCUT2D eigenvalue weighted by Crippen LogP contribution is -2.31. The Labute approximate surface area is 173 Å². The molecule has 3 unspecified atom stereocenters. The molecule has 1 rings (SSSR count). The second-order valence-electron chi connectivity index (χ2n) is 8.47. The number of hydrogen-bond acceptors (Lipinski definition) is 4. The predicted molar refractivity (Wildman–Crippen MR) is 114 cm³/mol. The van der Waals surface area contributed by atoms with Crippen molar-refractivity contribution in [2.75, 3.05) is 6.61 Å². The Balaban J connectivity index is 1.92. The Morgan fingerprint density at radius 1 is 0.750 bits per heavy atom. The number of ether oxygens (including phenoxy) is 2. The normalized spacial score (nSPS) is 20.5. The highest BCUT2D eigenvalue weighted by atomic mass is 16.6. The van der Waals surface area contributed by atoms with Crippen LogP contribution in [-0.4, -0.2) is 24.6 Å². The van der Waals surface area contributed by atoms with Crippen LogP contribution in [0, 0.1) is 11.8 Å². The fourth-order valence-corrected chi connectivity index (χ4v) is 4.09. The first kappa shape index (κ1) is 25.1. The van der Waals surface area contributed by atoms with E-state index in [2.05, 4.69) is 6.92 Å². The molecule has 0 aromatic carbocycles. The van der Waals surface area contributed by atoms with Crippen molar-refractivity contribution in [2.45, 2.75) is 123 Å². The van der Waals surface area contributed by atoms with Gasteiger partial charge in [0, 0.05) is 6.61 Å². The summed E-state index contributed by atoms with van der Waals surface area (Å²) >= 11 is 0. The van der Waals surface area contributed by atoms with Crippen LogP contribution in [-0.2, 0) is 19.1 Å². The molecule has 0 radical (unpaired) electrons. The van der Waals surface area contributed by atoms with Gasteiger partial charge in [-0.25, -0.2) is 0 Å².